The van der Waals surface area contributed by atoms with E-state index in [0.29, 0.717) is 24.0 Å². The predicted molar refractivity (Wildman–Crippen MR) is 86.9 cm³/mol. The third-order valence-corrected chi connectivity index (χ3v) is 4.15. The maximum absolute atomic E-state index is 10.4. The first-order valence-corrected chi connectivity index (χ1v) is 8.02. The number of aliphatic hydroxyl groups is 1. The fourth-order valence-electron chi connectivity index (χ4n) is 2.35. The number of aromatic nitrogens is 2. The Kier molecular flexibility index (Phi) is 5.67. The SMILES string of the molecule is CCCCn1nc(C)c(CNCC(C)(O)c2ccco2)c1Cl. The Bertz CT molecular complexity index is 591. The average Bonchev–Trinajstić information content (AvgIpc) is 3.09. The van der Waals surface area contributed by atoms with Gasteiger partial charge in [0, 0.05) is 25.2 Å². The molecule has 0 aromatic carbocycles. The number of hydrogen-bond acceptors (Lipinski definition) is 4. The summed E-state index contributed by atoms with van der Waals surface area (Å²) in [5.74, 6) is 0.543. The Labute approximate surface area is 136 Å². The molecule has 22 heavy (non-hydrogen) atoms. The van der Waals surface area contributed by atoms with E-state index in [1.807, 2.05) is 11.6 Å². The highest BCUT2D eigenvalue weighted by Gasteiger charge is 2.26. The van der Waals surface area contributed by atoms with Crippen molar-refractivity contribution in [2.75, 3.05) is 6.54 Å². The summed E-state index contributed by atoms with van der Waals surface area (Å²) in [6.45, 7) is 7.59. The summed E-state index contributed by atoms with van der Waals surface area (Å²) in [5, 5.41) is 18.8. The second-order valence-electron chi connectivity index (χ2n) is 5.79. The number of aryl methyl sites for hydroxylation is 2. The zero-order valence-electron chi connectivity index (χ0n) is 13.4. The standard InChI is InChI=1S/C16H24ClN3O2/c1-4-5-8-20-15(17)13(12(2)19-20)10-18-11-16(3,21)14-7-6-9-22-14/h6-7,9,18,21H,4-5,8,10-11H2,1-3H3. The lowest BCUT2D eigenvalue weighted by Gasteiger charge is -2.21. The van der Waals surface area contributed by atoms with Crippen molar-refractivity contribution in [2.45, 2.75) is 52.3 Å². The molecule has 0 aliphatic heterocycles. The second kappa shape index (κ2) is 7.31. The Balaban J connectivity index is 1.96. The Morgan fingerprint density at radius 2 is 2.27 bits per heavy atom. The third-order valence-electron chi connectivity index (χ3n) is 3.73. The number of nitrogens with zero attached hydrogens (tertiary/aromatic N) is 2. The molecule has 5 nitrogen and oxygen atoms in total. The van der Waals surface area contributed by atoms with Gasteiger partial charge in [-0.25, -0.2) is 0 Å². The largest absolute Gasteiger partial charge is 0.466 e. The van der Waals surface area contributed by atoms with Crippen molar-refractivity contribution in [3.8, 4) is 0 Å². The van der Waals surface area contributed by atoms with Crippen LogP contribution < -0.4 is 5.32 Å². The Morgan fingerprint density at radius 1 is 1.50 bits per heavy atom. The number of nitrogens with one attached hydrogen (secondary N) is 1. The molecule has 1 unspecified atom stereocenters. The summed E-state index contributed by atoms with van der Waals surface area (Å²) in [6, 6.07) is 3.53. The topological polar surface area (TPSA) is 63.2 Å². The van der Waals surface area contributed by atoms with Crippen LogP contribution in [-0.4, -0.2) is 21.4 Å². The molecule has 2 N–H and O–H groups in total. The van der Waals surface area contributed by atoms with Gasteiger partial charge in [0.05, 0.1) is 12.0 Å². The molecule has 1 atom stereocenters. The van der Waals surface area contributed by atoms with Crippen molar-refractivity contribution >= 4 is 11.6 Å². The smallest absolute Gasteiger partial charge is 0.136 e. The van der Waals surface area contributed by atoms with Gasteiger partial charge in [-0.1, -0.05) is 24.9 Å². The van der Waals surface area contributed by atoms with Gasteiger partial charge in [-0.05, 0) is 32.4 Å². The lowest BCUT2D eigenvalue weighted by atomic mass is 10.0. The van der Waals surface area contributed by atoms with Gasteiger partial charge in [-0.2, -0.15) is 5.10 Å². The van der Waals surface area contributed by atoms with Crippen LogP contribution in [0.4, 0.5) is 0 Å². The summed E-state index contributed by atoms with van der Waals surface area (Å²) in [6.07, 6.45) is 3.72. The zero-order chi connectivity index (χ0) is 16.2. The fourth-order valence-corrected chi connectivity index (χ4v) is 2.68. The van der Waals surface area contributed by atoms with Crippen LogP contribution in [0.2, 0.25) is 5.15 Å². The van der Waals surface area contributed by atoms with Crippen LogP contribution in [-0.2, 0) is 18.7 Å². The van der Waals surface area contributed by atoms with Crippen molar-refractivity contribution in [1.29, 1.82) is 0 Å². The van der Waals surface area contributed by atoms with Crippen molar-refractivity contribution < 1.29 is 9.52 Å². The van der Waals surface area contributed by atoms with E-state index in [4.69, 9.17) is 16.0 Å². The molecule has 0 fully saturated rings. The molecule has 0 aliphatic carbocycles. The molecule has 2 heterocycles. The van der Waals surface area contributed by atoms with Crippen LogP contribution in [0.25, 0.3) is 0 Å². The van der Waals surface area contributed by atoms with Gasteiger partial charge in [0.2, 0.25) is 0 Å². The molecule has 2 aromatic heterocycles. The molecule has 0 saturated heterocycles. The normalized spacial score (nSPS) is 14.2. The highest BCUT2D eigenvalue weighted by Crippen LogP contribution is 2.22. The van der Waals surface area contributed by atoms with E-state index in [1.54, 1.807) is 25.3 Å². The summed E-state index contributed by atoms with van der Waals surface area (Å²) in [4.78, 5) is 0. The molecular weight excluding hydrogens is 302 g/mol. The van der Waals surface area contributed by atoms with Crippen molar-refractivity contribution in [3.63, 3.8) is 0 Å². The first kappa shape index (κ1) is 17.1. The van der Waals surface area contributed by atoms with Crippen LogP contribution in [0.15, 0.2) is 22.8 Å². The van der Waals surface area contributed by atoms with Crippen LogP contribution >= 0.6 is 11.6 Å². The number of hydrogen-bond donors (Lipinski definition) is 2. The predicted octanol–water partition coefficient (Wildman–Crippen LogP) is 3.24. The molecule has 6 heteroatoms. The third kappa shape index (κ3) is 3.91. The monoisotopic (exact) mass is 325 g/mol. The zero-order valence-corrected chi connectivity index (χ0v) is 14.2. The number of halogens is 1. The quantitative estimate of drug-likeness (QED) is 0.782. The van der Waals surface area contributed by atoms with Gasteiger partial charge in [-0.3, -0.25) is 4.68 Å². The highest BCUT2D eigenvalue weighted by molar-refractivity contribution is 6.30. The Hall–Kier alpha value is -1.30. The van der Waals surface area contributed by atoms with Crippen molar-refractivity contribution in [3.05, 3.63) is 40.6 Å². The number of unbranched alkanes of at least 4 members (excludes halogenated alkanes) is 1. The molecule has 0 spiro atoms. The molecule has 2 aromatic rings. The van der Waals surface area contributed by atoms with E-state index in [9.17, 15) is 5.11 Å². The molecule has 0 amide bonds. The number of furan rings is 1. The lowest BCUT2D eigenvalue weighted by molar-refractivity contribution is 0.0340. The van der Waals surface area contributed by atoms with Crippen LogP contribution in [0.3, 0.4) is 0 Å². The van der Waals surface area contributed by atoms with Gasteiger partial charge in [0.15, 0.2) is 0 Å². The van der Waals surface area contributed by atoms with E-state index in [0.717, 1.165) is 30.6 Å². The molecule has 0 saturated carbocycles. The van der Waals surface area contributed by atoms with E-state index in [1.165, 1.54) is 0 Å². The average molecular weight is 326 g/mol. The van der Waals surface area contributed by atoms with Crippen molar-refractivity contribution in [2.24, 2.45) is 0 Å². The lowest BCUT2D eigenvalue weighted by Crippen LogP contribution is -2.34. The van der Waals surface area contributed by atoms with E-state index < -0.39 is 5.60 Å². The minimum atomic E-state index is -1.05. The second-order valence-corrected chi connectivity index (χ2v) is 6.14. The molecule has 0 bridgehead atoms. The maximum Gasteiger partial charge on any atom is 0.136 e. The van der Waals surface area contributed by atoms with E-state index in [2.05, 4.69) is 17.3 Å². The molecule has 2 rings (SSSR count). The molecular formula is C16H24ClN3O2. The van der Waals surface area contributed by atoms with Crippen LogP contribution in [0.1, 0.15) is 43.7 Å². The minimum absolute atomic E-state index is 0.371. The van der Waals surface area contributed by atoms with Gasteiger partial charge >= 0.3 is 0 Å². The molecule has 0 radical (unpaired) electrons. The summed E-state index contributed by atoms with van der Waals surface area (Å²) < 4.78 is 7.11. The molecule has 122 valence electrons. The first-order chi connectivity index (χ1) is 10.5. The summed E-state index contributed by atoms with van der Waals surface area (Å²) in [5.41, 5.74) is 0.849. The summed E-state index contributed by atoms with van der Waals surface area (Å²) in [7, 11) is 0. The van der Waals surface area contributed by atoms with Gasteiger partial charge in [0.25, 0.3) is 0 Å². The van der Waals surface area contributed by atoms with Crippen LogP contribution in [0.5, 0.6) is 0 Å². The number of rotatable bonds is 8. The Morgan fingerprint density at radius 3 is 2.91 bits per heavy atom. The van der Waals surface area contributed by atoms with E-state index >= 15 is 0 Å². The maximum atomic E-state index is 10.4. The highest BCUT2D eigenvalue weighted by atomic mass is 35.5. The van der Waals surface area contributed by atoms with Crippen LogP contribution in [0, 0.1) is 6.92 Å². The summed E-state index contributed by atoms with van der Waals surface area (Å²) >= 11 is 6.39. The van der Waals surface area contributed by atoms with Gasteiger partial charge in [-0.15, -0.1) is 0 Å². The van der Waals surface area contributed by atoms with E-state index in [-0.39, 0.29) is 0 Å². The van der Waals surface area contributed by atoms with Gasteiger partial charge < -0.3 is 14.8 Å². The fraction of sp³-hybridized carbons (Fsp3) is 0.562. The molecule has 0 aliphatic rings. The minimum Gasteiger partial charge on any atom is -0.466 e. The first-order valence-electron chi connectivity index (χ1n) is 7.64. The van der Waals surface area contributed by atoms with Crippen molar-refractivity contribution in [1.82, 2.24) is 15.1 Å². The van der Waals surface area contributed by atoms with Gasteiger partial charge in [0.1, 0.15) is 16.5 Å².